The number of sulfone groups is 1. The molecular weight excluding hydrogens is 374 g/mol. The minimum atomic E-state index is -3.37. The number of nitrogens with zero attached hydrogens (tertiary/aromatic N) is 1. The van der Waals surface area contributed by atoms with Gasteiger partial charge in [-0.05, 0) is 51.1 Å². The van der Waals surface area contributed by atoms with Crippen molar-refractivity contribution in [2.24, 2.45) is 5.92 Å². The van der Waals surface area contributed by atoms with E-state index in [-0.39, 0.29) is 22.7 Å². The molecule has 1 aliphatic carbocycles. The molecule has 1 atom stereocenters. The zero-order valence-corrected chi connectivity index (χ0v) is 17.2. The van der Waals surface area contributed by atoms with Gasteiger partial charge in [-0.1, -0.05) is 30.9 Å². The van der Waals surface area contributed by atoms with Crippen LogP contribution in [0.2, 0.25) is 5.02 Å². The molecule has 0 bridgehead atoms. The fourth-order valence-corrected chi connectivity index (χ4v) is 4.30. The Bertz CT molecular complexity index is 731. The van der Waals surface area contributed by atoms with Gasteiger partial charge in [0.05, 0.1) is 15.6 Å². The number of amides is 2. The third kappa shape index (κ3) is 5.86. The molecule has 1 unspecified atom stereocenters. The van der Waals surface area contributed by atoms with E-state index in [0.717, 1.165) is 6.26 Å². The fourth-order valence-electron chi connectivity index (χ4n) is 3.48. The molecule has 8 heteroatoms. The lowest BCUT2D eigenvalue weighted by Crippen LogP contribution is -2.46. The molecule has 6 nitrogen and oxygen atoms in total. The van der Waals surface area contributed by atoms with Crippen molar-refractivity contribution in [3.05, 3.63) is 23.2 Å². The Balaban J connectivity index is 1.99. The lowest BCUT2D eigenvalue weighted by molar-refractivity contribution is 0.167. The highest BCUT2D eigenvalue weighted by Gasteiger charge is 2.25. The van der Waals surface area contributed by atoms with Crippen LogP contribution in [-0.4, -0.2) is 52.3 Å². The van der Waals surface area contributed by atoms with Gasteiger partial charge in [-0.25, -0.2) is 13.2 Å². The monoisotopic (exact) mass is 401 g/mol. The summed E-state index contributed by atoms with van der Waals surface area (Å²) in [5.41, 5.74) is 0.283. The zero-order chi connectivity index (χ0) is 19.3. The van der Waals surface area contributed by atoms with Crippen molar-refractivity contribution < 1.29 is 13.2 Å². The maximum absolute atomic E-state index is 12.3. The number of carbonyl (C=O) groups is 1. The summed E-state index contributed by atoms with van der Waals surface area (Å²) in [5, 5.41) is 5.85. The van der Waals surface area contributed by atoms with E-state index in [4.69, 9.17) is 11.6 Å². The zero-order valence-electron chi connectivity index (χ0n) is 15.6. The number of hydrogen-bond acceptors (Lipinski definition) is 4. The Morgan fingerprint density at radius 2 is 1.92 bits per heavy atom. The van der Waals surface area contributed by atoms with Crippen molar-refractivity contribution in [1.82, 2.24) is 10.2 Å². The molecule has 26 heavy (non-hydrogen) atoms. The van der Waals surface area contributed by atoms with E-state index < -0.39 is 9.84 Å². The summed E-state index contributed by atoms with van der Waals surface area (Å²) >= 11 is 6.08. The van der Waals surface area contributed by atoms with Gasteiger partial charge in [-0.3, -0.25) is 0 Å². The molecule has 2 N–H and O–H groups in total. The molecule has 0 aliphatic heterocycles. The second kappa shape index (κ2) is 9.06. The number of rotatable bonds is 6. The lowest BCUT2D eigenvalue weighted by atomic mass is 9.83. The third-order valence-electron chi connectivity index (χ3n) is 4.94. The van der Waals surface area contributed by atoms with E-state index in [1.807, 2.05) is 14.1 Å². The Morgan fingerprint density at radius 1 is 1.27 bits per heavy atom. The minimum absolute atomic E-state index is 0.116. The Morgan fingerprint density at radius 3 is 2.50 bits per heavy atom. The number of carbonyl (C=O) groups excluding carboxylic acids is 1. The first kappa shape index (κ1) is 21.0. The van der Waals surface area contributed by atoms with Crippen molar-refractivity contribution in [3.8, 4) is 0 Å². The topological polar surface area (TPSA) is 78.5 Å². The van der Waals surface area contributed by atoms with Crippen LogP contribution < -0.4 is 10.6 Å². The average molecular weight is 402 g/mol. The summed E-state index contributed by atoms with van der Waals surface area (Å²) in [7, 11) is 0.700. The minimum Gasteiger partial charge on any atom is -0.336 e. The predicted octanol–water partition coefficient (Wildman–Crippen LogP) is 3.38. The number of urea groups is 1. The predicted molar refractivity (Wildman–Crippen MR) is 106 cm³/mol. The van der Waals surface area contributed by atoms with Crippen molar-refractivity contribution in [1.29, 1.82) is 0 Å². The van der Waals surface area contributed by atoms with Gasteiger partial charge in [0.2, 0.25) is 0 Å². The highest BCUT2D eigenvalue weighted by molar-refractivity contribution is 7.90. The van der Waals surface area contributed by atoms with Gasteiger partial charge in [0.1, 0.15) is 0 Å². The van der Waals surface area contributed by atoms with Crippen LogP contribution in [0, 0.1) is 5.92 Å². The standard InChI is InChI=1S/C18H28ClN3O3S/c1-22(2)17(13-7-5-4-6-8-13)12-20-18(23)21-16-11-14(26(3,24)25)9-10-15(16)19/h9-11,13,17H,4-8,12H2,1-3H3,(H2,20,21,23). The number of hydrogen-bond donors (Lipinski definition) is 2. The molecule has 1 aromatic rings. The molecule has 1 fully saturated rings. The first-order chi connectivity index (χ1) is 12.2. The van der Waals surface area contributed by atoms with Gasteiger partial charge in [0.15, 0.2) is 9.84 Å². The van der Waals surface area contributed by atoms with Crippen LogP contribution >= 0.6 is 11.6 Å². The normalized spacial score (nSPS) is 17.1. The molecular formula is C18H28ClN3O3S. The second-order valence-corrected chi connectivity index (χ2v) is 9.60. The van der Waals surface area contributed by atoms with Crippen molar-refractivity contribution in [3.63, 3.8) is 0 Å². The number of likely N-dealkylation sites (N-methyl/N-ethyl adjacent to an activating group) is 1. The molecule has 2 rings (SSSR count). The average Bonchev–Trinajstić information content (AvgIpc) is 2.56. The van der Waals surface area contributed by atoms with Gasteiger partial charge < -0.3 is 15.5 Å². The number of halogens is 1. The van der Waals surface area contributed by atoms with Gasteiger partial charge in [-0.2, -0.15) is 0 Å². The Kier molecular flexibility index (Phi) is 7.32. The summed E-state index contributed by atoms with van der Waals surface area (Å²) in [5.74, 6) is 0.580. The second-order valence-electron chi connectivity index (χ2n) is 7.18. The van der Waals surface area contributed by atoms with Crippen LogP contribution in [0.25, 0.3) is 0 Å². The van der Waals surface area contributed by atoms with Crippen molar-refractivity contribution in [2.75, 3.05) is 32.2 Å². The van der Waals surface area contributed by atoms with Crippen molar-refractivity contribution in [2.45, 2.75) is 43.0 Å². The van der Waals surface area contributed by atoms with Crippen LogP contribution in [0.15, 0.2) is 23.1 Å². The Labute approximate surface area is 161 Å². The van der Waals surface area contributed by atoms with E-state index in [2.05, 4.69) is 15.5 Å². The van der Waals surface area contributed by atoms with Crippen LogP contribution in [0.3, 0.4) is 0 Å². The molecule has 2 amide bonds. The van der Waals surface area contributed by atoms with E-state index >= 15 is 0 Å². The van der Waals surface area contributed by atoms with Gasteiger partial charge in [0.25, 0.3) is 0 Å². The van der Waals surface area contributed by atoms with Crippen LogP contribution in [-0.2, 0) is 9.84 Å². The number of anilines is 1. The maximum Gasteiger partial charge on any atom is 0.319 e. The van der Waals surface area contributed by atoms with E-state index in [0.29, 0.717) is 17.5 Å². The van der Waals surface area contributed by atoms with E-state index in [1.165, 1.54) is 50.3 Å². The molecule has 0 heterocycles. The van der Waals surface area contributed by atoms with Crippen LogP contribution in [0.5, 0.6) is 0 Å². The molecule has 1 aromatic carbocycles. The van der Waals surface area contributed by atoms with E-state index in [1.54, 1.807) is 0 Å². The quantitative estimate of drug-likeness (QED) is 0.765. The Hall–Kier alpha value is -1.31. The lowest BCUT2D eigenvalue weighted by Gasteiger charge is -2.35. The smallest absolute Gasteiger partial charge is 0.319 e. The highest BCUT2D eigenvalue weighted by Crippen LogP contribution is 2.28. The van der Waals surface area contributed by atoms with E-state index in [9.17, 15) is 13.2 Å². The molecule has 146 valence electrons. The summed E-state index contributed by atoms with van der Waals surface area (Å²) in [6.45, 7) is 0.535. The summed E-state index contributed by atoms with van der Waals surface area (Å²) in [4.78, 5) is 14.6. The molecule has 0 spiro atoms. The summed E-state index contributed by atoms with van der Waals surface area (Å²) in [6, 6.07) is 4.16. The third-order valence-corrected chi connectivity index (χ3v) is 6.38. The van der Waals surface area contributed by atoms with Crippen LogP contribution in [0.1, 0.15) is 32.1 Å². The number of benzene rings is 1. The molecule has 0 saturated heterocycles. The summed E-state index contributed by atoms with van der Waals surface area (Å²) < 4.78 is 23.3. The van der Waals surface area contributed by atoms with Gasteiger partial charge >= 0.3 is 6.03 Å². The fraction of sp³-hybridized carbons (Fsp3) is 0.611. The first-order valence-electron chi connectivity index (χ1n) is 8.89. The molecule has 1 saturated carbocycles. The highest BCUT2D eigenvalue weighted by atomic mass is 35.5. The molecule has 0 radical (unpaired) electrons. The summed E-state index contributed by atoms with van der Waals surface area (Å²) in [6.07, 6.45) is 7.28. The first-order valence-corrected chi connectivity index (χ1v) is 11.2. The maximum atomic E-state index is 12.3. The number of nitrogens with one attached hydrogen (secondary N) is 2. The largest absolute Gasteiger partial charge is 0.336 e. The van der Waals surface area contributed by atoms with Gasteiger partial charge in [0, 0.05) is 18.8 Å². The van der Waals surface area contributed by atoms with Gasteiger partial charge in [-0.15, -0.1) is 0 Å². The molecule has 1 aliphatic rings. The molecule has 0 aromatic heterocycles. The van der Waals surface area contributed by atoms with Crippen LogP contribution in [0.4, 0.5) is 10.5 Å². The van der Waals surface area contributed by atoms with Crippen molar-refractivity contribution >= 4 is 33.2 Å². The SMILES string of the molecule is CN(C)C(CNC(=O)Nc1cc(S(C)(=O)=O)ccc1Cl)C1CCCCC1.